The SMILES string of the molecule is CC1=CC=C(Sc2ncccn2)C2CC12.Cc1nc2c(o1)C=CC1CC21. The maximum Gasteiger partial charge on any atom is 0.192 e. The van der Waals surface area contributed by atoms with Gasteiger partial charge in [-0.15, -0.1) is 0 Å². The van der Waals surface area contributed by atoms with E-state index in [0.717, 1.165) is 34.6 Å². The Bertz CT molecular complexity index is 928. The molecule has 2 fully saturated rings. The molecule has 0 radical (unpaired) electrons. The lowest BCUT2D eigenvalue weighted by molar-refractivity contribution is 0.511. The zero-order valence-corrected chi connectivity index (χ0v) is 15.7. The predicted molar refractivity (Wildman–Crippen MR) is 102 cm³/mol. The van der Waals surface area contributed by atoms with Crippen molar-refractivity contribution >= 4 is 17.8 Å². The molecule has 0 bridgehead atoms. The number of hydrogen-bond acceptors (Lipinski definition) is 5. The summed E-state index contributed by atoms with van der Waals surface area (Å²) in [4.78, 5) is 14.3. The fraction of sp³-hybridized carbons (Fsp3) is 0.381. The van der Waals surface area contributed by atoms with Gasteiger partial charge < -0.3 is 4.42 Å². The summed E-state index contributed by atoms with van der Waals surface area (Å²) in [7, 11) is 0. The molecule has 4 aliphatic rings. The van der Waals surface area contributed by atoms with Gasteiger partial charge in [0, 0.05) is 25.2 Å². The van der Waals surface area contributed by atoms with Crippen molar-refractivity contribution in [2.24, 2.45) is 17.8 Å². The second-order valence-electron chi connectivity index (χ2n) is 7.41. The number of thioether (sulfide) groups is 1. The highest BCUT2D eigenvalue weighted by Gasteiger charge is 2.43. The number of rotatable bonds is 2. The van der Waals surface area contributed by atoms with E-state index in [1.165, 1.54) is 29.0 Å². The van der Waals surface area contributed by atoms with E-state index in [1.54, 1.807) is 24.2 Å². The molecule has 132 valence electrons. The van der Waals surface area contributed by atoms with Gasteiger partial charge in [-0.05, 0) is 54.6 Å². The summed E-state index contributed by atoms with van der Waals surface area (Å²) in [6.07, 6.45) is 14.9. The number of nitrogens with zero attached hydrogens (tertiary/aromatic N) is 3. The summed E-state index contributed by atoms with van der Waals surface area (Å²) in [6, 6.07) is 1.85. The summed E-state index contributed by atoms with van der Waals surface area (Å²) in [5.41, 5.74) is 2.72. The lowest BCUT2D eigenvalue weighted by atomic mass is 10.1. The van der Waals surface area contributed by atoms with Gasteiger partial charge in [0.2, 0.25) is 0 Å². The van der Waals surface area contributed by atoms with Crippen molar-refractivity contribution in [1.82, 2.24) is 15.0 Å². The Kier molecular flexibility index (Phi) is 3.85. The van der Waals surface area contributed by atoms with Crippen LogP contribution in [0.1, 0.15) is 43.0 Å². The van der Waals surface area contributed by atoms with E-state index in [-0.39, 0.29) is 0 Å². The Labute approximate surface area is 157 Å². The first-order valence-corrected chi connectivity index (χ1v) is 9.99. The van der Waals surface area contributed by atoms with Crippen LogP contribution in [0, 0.1) is 24.7 Å². The van der Waals surface area contributed by atoms with Crippen LogP contribution < -0.4 is 0 Å². The van der Waals surface area contributed by atoms with E-state index >= 15 is 0 Å². The molecule has 26 heavy (non-hydrogen) atoms. The summed E-state index contributed by atoms with van der Waals surface area (Å²) in [5, 5.41) is 0.863. The molecule has 5 heteroatoms. The molecule has 0 N–H and O–H groups in total. The standard InChI is InChI=1S/C12H12N2S.C9H9NO/c1-8-3-4-11(10-7-9(8)10)15-12-13-5-2-6-14-12;1-5-10-9-7-4-6(7)2-3-8(9)11-5/h2-6,9-10H,7H2,1H3;2-3,6-7H,4H2,1H3. The fourth-order valence-electron chi connectivity index (χ4n) is 3.82. The molecular weight excluding hydrogens is 342 g/mol. The first-order valence-electron chi connectivity index (χ1n) is 9.18. The fourth-order valence-corrected chi connectivity index (χ4v) is 4.81. The van der Waals surface area contributed by atoms with Crippen LogP contribution in [0.15, 0.2) is 56.7 Å². The van der Waals surface area contributed by atoms with Gasteiger partial charge in [-0.3, -0.25) is 0 Å². The number of oxazole rings is 1. The van der Waals surface area contributed by atoms with Crippen molar-refractivity contribution in [2.75, 3.05) is 0 Å². The van der Waals surface area contributed by atoms with Crippen LogP contribution in [0.25, 0.3) is 6.08 Å². The van der Waals surface area contributed by atoms with E-state index < -0.39 is 0 Å². The number of fused-ring (bicyclic) bond motifs is 4. The minimum Gasteiger partial charge on any atom is -0.441 e. The zero-order valence-electron chi connectivity index (χ0n) is 14.9. The van der Waals surface area contributed by atoms with Gasteiger partial charge in [0.25, 0.3) is 0 Å². The van der Waals surface area contributed by atoms with Crippen LogP contribution >= 0.6 is 11.8 Å². The topological polar surface area (TPSA) is 51.8 Å². The minimum absolute atomic E-state index is 0.687. The molecule has 4 unspecified atom stereocenters. The molecule has 2 aromatic heterocycles. The largest absolute Gasteiger partial charge is 0.441 e. The smallest absolute Gasteiger partial charge is 0.192 e. The zero-order chi connectivity index (χ0) is 17.7. The summed E-state index contributed by atoms with van der Waals surface area (Å²) >= 11 is 1.71. The average Bonchev–Trinajstić information content (AvgIpc) is 3.55. The minimum atomic E-state index is 0.687. The molecule has 6 rings (SSSR count). The monoisotopic (exact) mass is 363 g/mol. The molecule has 4 nitrogen and oxygen atoms in total. The van der Waals surface area contributed by atoms with Gasteiger partial charge in [-0.25, -0.2) is 15.0 Å². The van der Waals surface area contributed by atoms with Gasteiger partial charge >= 0.3 is 0 Å². The number of aromatic nitrogens is 3. The number of allylic oxidation sites excluding steroid dienone is 5. The Morgan fingerprint density at radius 3 is 2.73 bits per heavy atom. The molecule has 0 saturated heterocycles. The van der Waals surface area contributed by atoms with Gasteiger partial charge in [-0.2, -0.15) is 0 Å². The van der Waals surface area contributed by atoms with E-state index in [2.05, 4.69) is 46.2 Å². The molecule has 2 aromatic rings. The number of aryl methyl sites for hydroxylation is 1. The Balaban J connectivity index is 0.000000121. The van der Waals surface area contributed by atoms with Crippen molar-refractivity contribution in [2.45, 2.75) is 37.8 Å². The van der Waals surface area contributed by atoms with E-state index in [9.17, 15) is 0 Å². The van der Waals surface area contributed by atoms with Crippen LogP contribution in [-0.4, -0.2) is 15.0 Å². The predicted octanol–water partition coefficient (Wildman–Crippen LogP) is 5.16. The van der Waals surface area contributed by atoms with Crippen molar-refractivity contribution < 1.29 is 4.42 Å². The van der Waals surface area contributed by atoms with Gasteiger partial charge in [0.15, 0.2) is 16.8 Å². The highest BCUT2D eigenvalue weighted by atomic mass is 32.2. The van der Waals surface area contributed by atoms with Crippen LogP contribution in [0.2, 0.25) is 0 Å². The first-order chi connectivity index (χ1) is 12.7. The molecule has 0 aliphatic heterocycles. The van der Waals surface area contributed by atoms with Crippen molar-refractivity contribution in [3.8, 4) is 0 Å². The van der Waals surface area contributed by atoms with E-state index in [4.69, 9.17) is 4.42 Å². The quantitative estimate of drug-likeness (QED) is 0.690. The van der Waals surface area contributed by atoms with Crippen LogP contribution in [0.5, 0.6) is 0 Å². The third-order valence-electron chi connectivity index (χ3n) is 5.48. The lowest BCUT2D eigenvalue weighted by Gasteiger charge is -2.09. The second-order valence-corrected chi connectivity index (χ2v) is 8.45. The lowest BCUT2D eigenvalue weighted by Crippen LogP contribution is -1.94. The van der Waals surface area contributed by atoms with E-state index in [1.807, 2.05) is 13.0 Å². The second kappa shape index (κ2) is 6.23. The summed E-state index contributed by atoms with van der Waals surface area (Å²) in [6.45, 7) is 4.13. The molecule has 2 heterocycles. The third kappa shape index (κ3) is 3.05. The molecule has 0 amide bonds. The highest BCUT2D eigenvalue weighted by molar-refractivity contribution is 8.03. The molecule has 2 saturated carbocycles. The van der Waals surface area contributed by atoms with Crippen LogP contribution in [0.4, 0.5) is 0 Å². The molecule has 4 atom stereocenters. The first kappa shape index (κ1) is 16.1. The summed E-state index contributed by atoms with van der Waals surface area (Å²) < 4.78 is 5.41. The van der Waals surface area contributed by atoms with Crippen molar-refractivity contribution in [3.05, 3.63) is 64.5 Å². The molecule has 0 aromatic carbocycles. The van der Waals surface area contributed by atoms with Crippen molar-refractivity contribution in [3.63, 3.8) is 0 Å². The maximum absolute atomic E-state index is 5.41. The third-order valence-corrected chi connectivity index (χ3v) is 6.54. The Morgan fingerprint density at radius 2 is 1.88 bits per heavy atom. The summed E-state index contributed by atoms with van der Waals surface area (Å²) in [5.74, 6) is 4.80. The van der Waals surface area contributed by atoms with E-state index in [0.29, 0.717) is 5.92 Å². The molecular formula is C21H21N3OS. The maximum atomic E-state index is 5.41. The normalized spacial score (nSPS) is 29.3. The van der Waals surface area contributed by atoms with Crippen LogP contribution in [0.3, 0.4) is 0 Å². The highest BCUT2D eigenvalue weighted by Crippen LogP contribution is 2.55. The average molecular weight is 363 g/mol. The Hall–Kier alpha value is -2.14. The van der Waals surface area contributed by atoms with Gasteiger partial charge in [0.05, 0.1) is 5.69 Å². The number of hydrogen-bond donors (Lipinski definition) is 0. The molecule has 4 aliphatic carbocycles. The Morgan fingerprint density at radius 1 is 1.04 bits per heavy atom. The van der Waals surface area contributed by atoms with Crippen LogP contribution in [-0.2, 0) is 0 Å². The van der Waals surface area contributed by atoms with Gasteiger partial charge in [-0.1, -0.05) is 35.6 Å². The van der Waals surface area contributed by atoms with Gasteiger partial charge in [0.1, 0.15) is 0 Å². The molecule has 0 spiro atoms. The van der Waals surface area contributed by atoms with Crippen molar-refractivity contribution in [1.29, 1.82) is 0 Å².